The zero-order valence-electron chi connectivity index (χ0n) is 8.82. The zero-order valence-corrected chi connectivity index (χ0v) is 9.63. The molecule has 15 heavy (non-hydrogen) atoms. The molecule has 0 spiro atoms. The van der Waals surface area contributed by atoms with Gasteiger partial charge in [0, 0.05) is 6.04 Å². The molecule has 1 aromatic rings. The van der Waals surface area contributed by atoms with Gasteiger partial charge in [0.1, 0.15) is 4.88 Å². The van der Waals surface area contributed by atoms with Gasteiger partial charge in [-0.3, -0.25) is 0 Å². The van der Waals surface area contributed by atoms with E-state index in [1.54, 1.807) is 6.20 Å². The maximum Gasteiger partial charge on any atom is 0.349 e. The molecule has 1 N–H and O–H groups in total. The highest BCUT2D eigenvalue weighted by molar-refractivity contribution is 7.17. The van der Waals surface area contributed by atoms with E-state index in [9.17, 15) is 4.79 Å². The van der Waals surface area contributed by atoms with Gasteiger partial charge in [-0.15, -0.1) is 0 Å². The van der Waals surface area contributed by atoms with Crippen molar-refractivity contribution in [2.75, 3.05) is 12.4 Å². The van der Waals surface area contributed by atoms with Crippen LogP contribution in [0.5, 0.6) is 0 Å². The summed E-state index contributed by atoms with van der Waals surface area (Å²) in [5.41, 5.74) is 0. The minimum absolute atomic E-state index is 0.317. The summed E-state index contributed by atoms with van der Waals surface area (Å²) in [6, 6.07) is 0.525. The fourth-order valence-corrected chi connectivity index (χ4v) is 2.54. The number of hydrogen-bond acceptors (Lipinski definition) is 5. The van der Waals surface area contributed by atoms with Crippen LogP contribution in [0.4, 0.5) is 5.13 Å². The average Bonchev–Trinajstić information content (AvgIpc) is 2.63. The summed E-state index contributed by atoms with van der Waals surface area (Å²) in [7, 11) is 1.38. The molecule has 0 aliphatic heterocycles. The van der Waals surface area contributed by atoms with Gasteiger partial charge in [0.2, 0.25) is 0 Å². The first-order chi connectivity index (χ1) is 7.19. The van der Waals surface area contributed by atoms with Crippen LogP contribution in [0.3, 0.4) is 0 Å². The van der Waals surface area contributed by atoms with E-state index < -0.39 is 0 Å². The Hall–Kier alpha value is -1.10. The Morgan fingerprint density at radius 2 is 2.40 bits per heavy atom. The van der Waals surface area contributed by atoms with Crippen molar-refractivity contribution in [2.45, 2.75) is 25.8 Å². The molecule has 5 heteroatoms. The van der Waals surface area contributed by atoms with Crippen molar-refractivity contribution >= 4 is 22.4 Å². The molecule has 0 aromatic carbocycles. The molecule has 0 bridgehead atoms. The van der Waals surface area contributed by atoms with Crippen LogP contribution in [-0.2, 0) is 4.74 Å². The number of carbonyl (C=O) groups excluding carboxylic acids is 1. The first-order valence-electron chi connectivity index (χ1n) is 4.99. The van der Waals surface area contributed by atoms with Crippen molar-refractivity contribution in [1.82, 2.24) is 4.98 Å². The third-order valence-electron chi connectivity index (χ3n) is 2.59. The molecule has 0 unspecified atom stereocenters. The number of nitrogens with zero attached hydrogens (tertiary/aromatic N) is 1. The predicted molar refractivity (Wildman–Crippen MR) is 59.3 cm³/mol. The topological polar surface area (TPSA) is 51.2 Å². The molecule has 82 valence electrons. The number of rotatable bonds is 3. The fourth-order valence-electron chi connectivity index (χ4n) is 1.73. The van der Waals surface area contributed by atoms with E-state index in [-0.39, 0.29) is 5.97 Å². The molecule has 1 saturated carbocycles. The van der Waals surface area contributed by atoms with Crippen molar-refractivity contribution in [2.24, 2.45) is 5.92 Å². The first-order valence-corrected chi connectivity index (χ1v) is 5.81. The summed E-state index contributed by atoms with van der Waals surface area (Å²) in [4.78, 5) is 15.9. The van der Waals surface area contributed by atoms with E-state index in [1.165, 1.54) is 31.3 Å². The molecular formula is C10H14N2O2S. The lowest BCUT2D eigenvalue weighted by atomic mass is 9.82. The molecule has 1 aliphatic carbocycles. The van der Waals surface area contributed by atoms with Gasteiger partial charge in [-0.25, -0.2) is 9.78 Å². The summed E-state index contributed by atoms with van der Waals surface area (Å²) in [5.74, 6) is 0.491. The summed E-state index contributed by atoms with van der Waals surface area (Å²) in [6.45, 7) is 2.24. The molecule has 0 radical (unpaired) electrons. The van der Waals surface area contributed by atoms with E-state index in [2.05, 4.69) is 22.0 Å². The number of esters is 1. The van der Waals surface area contributed by atoms with E-state index in [4.69, 9.17) is 0 Å². The molecule has 1 aliphatic rings. The van der Waals surface area contributed by atoms with Crippen molar-refractivity contribution in [3.05, 3.63) is 11.1 Å². The molecular weight excluding hydrogens is 212 g/mol. The third-order valence-corrected chi connectivity index (χ3v) is 3.50. The van der Waals surface area contributed by atoms with Crippen molar-refractivity contribution < 1.29 is 9.53 Å². The SMILES string of the molecule is COC(=O)c1cnc(NC2CC(C)C2)s1. The first kappa shape index (κ1) is 10.4. The molecule has 2 rings (SSSR count). The second kappa shape index (κ2) is 4.18. The molecule has 1 fully saturated rings. The molecule has 1 heterocycles. The minimum atomic E-state index is -0.317. The number of nitrogens with one attached hydrogen (secondary N) is 1. The molecule has 1 aromatic heterocycles. The Morgan fingerprint density at radius 3 is 3.00 bits per heavy atom. The van der Waals surface area contributed by atoms with Gasteiger partial charge in [0.25, 0.3) is 0 Å². The highest BCUT2D eigenvalue weighted by Crippen LogP contribution is 2.30. The van der Waals surface area contributed by atoms with E-state index >= 15 is 0 Å². The van der Waals surface area contributed by atoms with Crippen molar-refractivity contribution in [3.63, 3.8) is 0 Å². The van der Waals surface area contributed by atoms with Crippen molar-refractivity contribution in [3.8, 4) is 0 Å². The Bertz CT molecular complexity index is 358. The quantitative estimate of drug-likeness (QED) is 0.802. The van der Waals surface area contributed by atoms with E-state index in [0.717, 1.165) is 11.0 Å². The molecule has 0 amide bonds. The number of methoxy groups -OCH3 is 1. The minimum Gasteiger partial charge on any atom is -0.465 e. The van der Waals surface area contributed by atoms with E-state index in [0.29, 0.717) is 10.9 Å². The largest absolute Gasteiger partial charge is 0.465 e. The summed E-state index contributed by atoms with van der Waals surface area (Å²) >= 11 is 1.35. The predicted octanol–water partition coefficient (Wildman–Crippen LogP) is 2.14. The maximum atomic E-state index is 11.2. The van der Waals surface area contributed by atoms with Gasteiger partial charge in [0.05, 0.1) is 13.3 Å². The summed E-state index contributed by atoms with van der Waals surface area (Å²) in [6.07, 6.45) is 3.93. The van der Waals surface area contributed by atoms with Crippen LogP contribution >= 0.6 is 11.3 Å². The number of ether oxygens (including phenoxy) is 1. The van der Waals surface area contributed by atoms with Crippen LogP contribution in [0, 0.1) is 5.92 Å². The zero-order chi connectivity index (χ0) is 10.8. The van der Waals surface area contributed by atoms with Gasteiger partial charge in [-0.05, 0) is 18.8 Å². The van der Waals surface area contributed by atoms with Crippen LogP contribution in [0.25, 0.3) is 0 Å². The second-order valence-corrected chi connectivity index (χ2v) is 4.97. The summed E-state index contributed by atoms with van der Waals surface area (Å²) in [5, 5.41) is 4.12. The monoisotopic (exact) mass is 226 g/mol. The maximum absolute atomic E-state index is 11.2. The number of anilines is 1. The lowest BCUT2D eigenvalue weighted by Gasteiger charge is -2.33. The molecule has 0 atom stereocenters. The number of thiazole rings is 1. The van der Waals surface area contributed by atoms with Crippen LogP contribution < -0.4 is 5.32 Å². The third kappa shape index (κ3) is 2.28. The molecule has 4 nitrogen and oxygen atoms in total. The second-order valence-electron chi connectivity index (χ2n) is 3.94. The normalized spacial score (nSPS) is 24.4. The number of aromatic nitrogens is 1. The van der Waals surface area contributed by atoms with Gasteiger partial charge in [0.15, 0.2) is 5.13 Å². The van der Waals surface area contributed by atoms with Gasteiger partial charge in [-0.1, -0.05) is 18.3 Å². The Kier molecular flexibility index (Phi) is 2.90. The van der Waals surface area contributed by atoms with Gasteiger partial charge in [-0.2, -0.15) is 0 Å². The van der Waals surface area contributed by atoms with Crippen LogP contribution in [0.15, 0.2) is 6.20 Å². The fraction of sp³-hybridized carbons (Fsp3) is 0.600. The Labute approximate surface area is 92.7 Å². The Morgan fingerprint density at radius 1 is 1.67 bits per heavy atom. The van der Waals surface area contributed by atoms with Gasteiger partial charge < -0.3 is 10.1 Å². The van der Waals surface area contributed by atoms with Crippen LogP contribution in [0.2, 0.25) is 0 Å². The standard InChI is InChI=1S/C10H14N2O2S/c1-6-3-7(4-6)12-10-11-5-8(15-10)9(13)14-2/h5-7H,3-4H2,1-2H3,(H,11,12). The molecule has 0 saturated heterocycles. The number of hydrogen-bond donors (Lipinski definition) is 1. The average molecular weight is 226 g/mol. The van der Waals surface area contributed by atoms with Crippen LogP contribution in [0.1, 0.15) is 29.4 Å². The Balaban J connectivity index is 1.92. The highest BCUT2D eigenvalue weighted by Gasteiger charge is 2.25. The van der Waals surface area contributed by atoms with E-state index in [1.807, 2.05) is 0 Å². The highest BCUT2D eigenvalue weighted by atomic mass is 32.1. The van der Waals surface area contributed by atoms with Crippen LogP contribution in [-0.4, -0.2) is 24.1 Å². The van der Waals surface area contributed by atoms with Crippen molar-refractivity contribution in [1.29, 1.82) is 0 Å². The smallest absolute Gasteiger partial charge is 0.349 e. The van der Waals surface area contributed by atoms with Gasteiger partial charge >= 0.3 is 5.97 Å². The lowest BCUT2D eigenvalue weighted by molar-refractivity contribution is 0.0606. The lowest BCUT2D eigenvalue weighted by Crippen LogP contribution is -2.33. The number of carbonyl (C=O) groups is 1. The summed E-state index contributed by atoms with van der Waals surface area (Å²) < 4.78 is 4.62.